The van der Waals surface area contributed by atoms with E-state index in [0.717, 1.165) is 5.56 Å². The predicted octanol–water partition coefficient (Wildman–Crippen LogP) is 2.53. The fraction of sp³-hybridized carbons (Fsp3) is 0.200. The lowest BCUT2D eigenvalue weighted by Crippen LogP contribution is -2.06. The molecule has 1 unspecified atom stereocenters. The molecule has 1 atom stereocenters. The van der Waals surface area contributed by atoms with E-state index in [0.29, 0.717) is 10.8 Å². The third-order valence-corrected chi connectivity index (χ3v) is 2.13. The molecule has 70 valence electrons. The molecule has 0 spiro atoms. The summed E-state index contributed by atoms with van der Waals surface area (Å²) in [6, 6.07) is 5.26. The van der Waals surface area contributed by atoms with Crippen molar-refractivity contribution in [3.63, 3.8) is 0 Å². The van der Waals surface area contributed by atoms with Crippen LogP contribution in [-0.4, -0.2) is 7.11 Å². The summed E-state index contributed by atoms with van der Waals surface area (Å²) in [7, 11) is 1.57. The van der Waals surface area contributed by atoms with Gasteiger partial charge in [-0.05, 0) is 17.7 Å². The molecular formula is C10H12ClNO. The Morgan fingerprint density at radius 1 is 1.62 bits per heavy atom. The SMILES string of the molecule is C=CC(N)c1ccc(Cl)c(OC)c1. The Bertz CT molecular complexity index is 312. The van der Waals surface area contributed by atoms with Gasteiger partial charge in [-0.3, -0.25) is 0 Å². The van der Waals surface area contributed by atoms with Gasteiger partial charge in [0.05, 0.1) is 12.1 Å². The maximum absolute atomic E-state index is 5.85. The molecule has 0 radical (unpaired) electrons. The summed E-state index contributed by atoms with van der Waals surface area (Å²) in [6.45, 7) is 3.62. The lowest BCUT2D eigenvalue weighted by Gasteiger charge is -2.09. The maximum Gasteiger partial charge on any atom is 0.137 e. The van der Waals surface area contributed by atoms with Crippen molar-refractivity contribution in [3.8, 4) is 5.75 Å². The van der Waals surface area contributed by atoms with Gasteiger partial charge in [-0.2, -0.15) is 0 Å². The third-order valence-electron chi connectivity index (χ3n) is 1.81. The molecule has 0 heterocycles. The van der Waals surface area contributed by atoms with Crippen LogP contribution >= 0.6 is 11.6 Å². The summed E-state index contributed by atoms with van der Waals surface area (Å²) in [5.41, 5.74) is 6.69. The summed E-state index contributed by atoms with van der Waals surface area (Å²) in [6.07, 6.45) is 1.67. The highest BCUT2D eigenvalue weighted by atomic mass is 35.5. The minimum Gasteiger partial charge on any atom is -0.495 e. The van der Waals surface area contributed by atoms with Crippen molar-refractivity contribution in [2.45, 2.75) is 6.04 Å². The van der Waals surface area contributed by atoms with Gasteiger partial charge in [0.15, 0.2) is 0 Å². The molecule has 0 amide bonds. The lowest BCUT2D eigenvalue weighted by molar-refractivity contribution is 0.414. The number of nitrogens with two attached hydrogens (primary N) is 1. The van der Waals surface area contributed by atoms with Crippen molar-refractivity contribution in [2.24, 2.45) is 5.73 Å². The Hall–Kier alpha value is -0.990. The van der Waals surface area contributed by atoms with Gasteiger partial charge in [0, 0.05) is 6.04 Å². The molecule has 1 aromatic rings. The van der Waals surface area contributed by atoms with Gasteiger partial charge in [0.25, 0.3) is 0 Å². The Balaban J connectivity index is 3.05. The van der Waals surface area contributed by atoms with E-state index in [1.165, 1.54) is 0 Å². The molecule has 3 heteroatoms. The number of methoxy groups -OCH3 is 1. The second-order valence-corrected chi connectivity index (χ2v) is 3.06. The molecule has 0 fully saturated rings. The molecule has 0 saturated carbocycles. The van der Waals surface area contributed by atoms with E-state index in [1.807, 2.05) is 12.1 Å². The Labute approximate surface area is 83.0 Å². The molecule has 0 aliphatic rings. The molecule has 0 aromatic heterocycles. The summed E-state index contributed by atoms with van der Waals surface area (Å²) in [4.78, 5) is 0. The average molecular weight is 198 g/mol. The van der Waals surface area contributed by atoms with Gasteiger partial charge < -0.3 is 10.5 Å². The second-order valence-electron chi connectivity index (χ2n) is 2.66. The number of hydrogen-bond donors (Lipinski definition) is 1. The van der Waals surface area contributed by atoms with Crippen LogP contribution < -0.4 is 10.5 Å². The van der Waals surface area contributed by atoms with Gasteiger partial charge in [-0.25, -0.2) is 0 Å². The Morgan fingerprint density at radius 2 is 2.31 bits per heavy atom. The third kappa shape index (κ3) is 2.23. The molecule has 1 aromatic carbocycles. The van der Waals surface area contributed by atoms with Gasteiger partial charge in [0.1, 0.15) is 5.75 Å². The van der Waals surface area contributed by atoms with Crippen molar-refractivity contribution in [3.05, 3.63) is 41.4 Å². The van der Waals surface area contributed by atoms with Crippen molar-refractivity contribution < 1.29 is 4.74 Å². The quantitative estimate of drug-likeness (QED) is 0.756. The molecule has 0 aliphatic heterocycles. The Morgan fingerprint density at radius 3 is 2.85 bits per heavy atom. The van der Waals surface area contributed by atoms with Crippen molar-refractivity contribution in [1.82, 2.24) is 0 Å². The largest absolute Gasteiger partial charge is 0.495 e. The first-order valence-electron chi connectivity index (χ1n) is 3.90. The fourth-order valence-corrected chi connectivity index (χ4v) is 1.21. The highest BCUT2D eigenvalue weighted by Crippen LogP contribution is 2.27. The van der Waals surface area contributed by atoms with Crippen LogP contribution in [0.4, 0.5) is 0 Å². The first kappa shape index (κ1) is 10.1. The fourth-order valence-electron chi connectivity index (χ4n) is 1.02. The van der Waals surface area contributed by atoms with Crippen LogP contribution in [0.25, 0.3) is 0 Å². The monoisotopic (exact) mass is 197 g/mol. The summed E-state index contributed by atoms with van der Waals surface area (Å²) < 4.78 is 5.06. The molecular weight excluding hydrogens is 186 g/mol. The average Bonchev–Trinajstić information content (AvgIpc) is 2.17. The van der Waals surface area contributed by atoms with Crippen molar-refractivity contribution >= 4 is 11.6 Å². The van der Waals surface area contributed by atoms with Crippen molar-refractivity contribution in [2.75, 3.05) is 7.11 Å². The lowest BCUT2D eigenvalue weighted by atomic mass is 10.1. The zero-order valence-electron chi connectivity index (χ0n) is 7.46. The first-order valence-corrected chi connectivity index (χ1v) is 4.28. The van der Waals surface area contributed by atoms with Gasteiger partial charge >= 0.3 is 0 Å². The van der Waals surface area contributed by atoms with Crippen molar-refractivity contribution in [1.29, 1.82) is 0 Å². The maximum atomic E-state index is 5.85. The number of benzene rings is 1. The molecule has 2 N–H and O–H groups in total. The van der Waals surface area contributed by atoms with Gasteiger partial charge in [-0.1, -0.05) is 23.7 Å². The van der Waals surface area contributed by atoms with Crippen LogP contribution in [0, 0.1) is 0 Å². The smallest absolute Gasteiger partial charge is 0.137 e. The number of hydrogen-bond acceptors (Lipinski definition) is 2. The highest BCUT2D eigenvalue weighted by molar-refractivity contribution is 6.32. The van der Waals surface area contributed by atoms with Crippen LogP contribution in [0.15, 0.2) is 30.9 Å². The number of halogens is 1. The van der Waals surface area contributed by atoms with Crippen LogP contribution in [0.5, 0.6) is 5.75 Å². The van der Waals surface area contributed by atoms with E-state index < -0.39 is 0 Å². The highest BCUT2D eigenvalue weighted by Gasteiger charge is 2.05. The van der Waals surface area contributed by atoms with E-state index >= 15 is 0 Å². The van der Waals surface area contributed by atoms with E-state index in [1.54, 1.807) is 19.3 Å². The topological polar surface area (TPSA) is 35.2 Å². The minimum atomic E-state index is -0.175. The summed E-state index contributed by atoms with van der Waals surface area (Å²) in [5.74, 6) is 0.636. The molecule has 2 nitrogen and oxygen atoms in total. The van der Waals surface area contributed by atoms with Crippen LogP contribution in [0.1, 0.15) is 11.6 Å². The molecule has 0 aliphatic carbocycles. The second kappa shape index (κ2) is 4.30. The van der Waals surface area contributed by atoms with Gasteiger partial charge in [-0.15, -0.1) is 6.58 Å². The minimum absolute atomic E-state index is 0.175. The van der Waals surface area contributed by atoms with Crippen LogP contribution in [0.3, 0.4) is 0 Å². The van der Waals surface area contributed by atoms with Crippen LogP contribution in [-0.2, 0) is 0 Å². The van der Waals surface area contributed by atoms with E-state index in [-0.39, 0.29) is 6.04 Å². The Kier molecular flexibility index (Phi) is 3.34. The zero-order chi connectivity index (χ0) is 9.84. The number of ether oxygens (including phenoxy) is 1. The summed E-state index contributed by atoms with van der Waals surface area (Å²) in [5, 5.41) is 0.586. The molecule has 0 saturated heterocycles. The van der Waals surface area contributed by atoms with Crippen LogP contribution in [0.2, 0.25) is 5.02 Å². The number of rotatable bonds is 3. The predicted molar refractivity (Wildman–Crippen MR) is 55.1 cm³/mol. The van der Waals surface area contributed by atoms with E-state index in [9.17, 15) is 0 Å². The standard InChI is InChI=1S/C10H12ClNO/c1-3-9(12)7-4-5-8(11)10(6-7)13-2/h3-6,9H,1,12H2,2H3. The van der Waals surface area contributed by atoms with E-state index in [2.05, 4.69) is 6.58 Å². The van der Waals surface area contributed by atoms with E-state index in [4.69, 9.17) is 22.1 Å². The first-order chi connectivity index (χ1) is 6.19. The zero-order valence-corrected chi connectivity index (χ0v) is 8.21. The molecule has 13 heavy (non-hydrogen) atoms. The molecule has 1 rings (SSSR count). The normalized spacial score (nSPS) is 12.2. The summed E-state index contributed by atoms with van der Waals surface area (Å²) >= 11 is 5.85. The molecule has 0 bridgehead atoms. The van der Waals surface area contributed by atoms with Gasteiger partial charge in [0.2, 0.25) is 0 Å².